The summed E-state index contributed by atoms with van der Waals surface area (Å²) < 4.78 is 22.7. The van der Waals surface area contributed by atoms with Crippen molar-refractivity contribution in [2.75, 3.05) is 12.4 Å². The van der Waals surface area contributed by atoms with Gasteiger partial charge in [0.15, 0.2) is 9.84 Å². The first kappa shape index (κ1) is 10.9. The molecule has 0 radical (unpaired) electrons. The van der Waals surface area contributed by atoms with Crippen molar-refractivity contribution in [1.82, 2.24) is 5.32 Å². The molecule has 13 heavy (non-hydrogen) atoms. The number of nitrogens with one attached hydrogen (secondary N) is 1. The molecule has 0 bridgehead atoms. The SMILES string of the molecule is CC(CO)NC1CCS(=O)(=O)C1C. The summed E-state index contributed by atoms with van der Waals surface area (Å²) in [7, 11) is -2.87. The third-order valence-electron chi connectivity index (χ3n) is 2.62. The minimum absolute atomic E-state index is 0.00662. The van der Waals surface area contributed by atoms with Gasteiger partial charge in [-0.3, -0.25) is 0 Å². The largest absolute Gasteiger partial charge is 0.395 e. The first-order valence-electron chi connectivity index (χ1n) is 4.56. The van der Waals surface area contributed by atoms with Gasteiger partial charge in [-0.05, 0) is 20.3 Å². The molecule has 1 rings (SSSR count). The minimum Gasteiger partial charge on any atom is -0.395 e. The van der Waals surface area contributed by atoms with E-state index in [-0.39, 0.29) is 29.7 Å². The fourth-order valence-electron chi connectivity index (χ4n) is 1.60. The molecule has 1 aliphatic rings. The number of aliphatic hydroxyl groups is 1. The van der Waals surface area contributed by atoms with E-state index >= 15 is 0 Å². The lowest BCUT2D eigenvalue weighted by Crippen LogP contribution is -2.43. The van der Waals surface area contributed by atoms with Crippen LogP contribution in [0.5, 0.6) is 0 Å². The Balaban J connectivity index is 2.56. The van der Waals surface area contributed by atoms with E-state index in [1.54, 1.807) is 6.92 Å². The van der Waals surface area contributed by atoms with Gasteiger partial charge in [0, 0.05) is 12.1 Å². The van der Waals surface area contributed by atoms with Crippen LogP contribution in [0.25, 0.3) is 0 Å². The molecule has 1 saturated heterocycles. The molecule has 0 aromatic heterocycles. The molecule has 0 amide bonds. The maximum absolute atomic E-state index is 11.3. The lowest BCUT2D eigenvalue weighted by Gasteiger charge is -2.20. The van der Waals surface area contributed by atoms with E-state index in [1.807, 2.05) is 6.92 Å². The van der Waals surface area contributed by atoms with Crippen LogP contribution < -0.4 is 5.32 Å². The summed E-state index contributed by atoms with van der Waals surface area (Å²) in [5.74, 6) is 0.268. The van der Waals surface area contributed by atoms with Gasteiger partial charge in [-0.2, -0.15) is 0 Å². The second-order valence-corrected chi connectivity index (χ2v) is 6.20. The monoisotopic (exact) mass is 207 g/mol. The maximum Gasteiger partial charge on any atom is 0.154 e. The van der Waals surface area contributed by atoms with Crippen molar-refractivity contribution >= 4 is 9.84 Å². The highest BCUT2D eigenvalue weighted by molar-refractivity contribution is 7.92. The van der Waals surface area contributed by atoms with Gasteiger partial charge in [0.25, 0.3) is 0 Å². The zero-order valence-corrected chi connectivity index (χ0v) is 8.84. The van der Waals surface area contributed by atoms with Crippen molar-refractivity contribution in [3.05, 3.63) is 0 Å². The van der Waals surface area contributed by atoms with E-state index in [1.165, 1.54) is 0 Å². The summed E-state index contributed by atoms with van der Waals surface area (Å²) in [5, 5.41) is 11.6. The Morgan fingerprint density at radius 3 is 2.62 bits per heavy atom. The fourth-order valence-corrected chi connectivity index (χ4v) is 3.27. The van der Waals surface area contributed by atoms with E-state index in [2.05, 4.69) is 5.32 Å². The third-order valence-corrected chi connectivity index (χ3v) is 4.89. The van der Waals surface area contributed by atoms with Gasteiger partial charge in [0.1, 0.15) is 0 Å². The average Bonchev–Trinajstić information content (AvgIpc) is 2.32. The third kappa shape index (κ3) is 2.42. The van der Waals surface area contributed by atoms with Crippen LogP contribution in [0.4, 0.5) is 0 Å². The maximum atomic E-state index is 11.3. The second kappa shape index (κ2) is 3.94. The minimum atomic E-state index is -2.87. The van der Waals surface area contributed by atoms with Gasteiger partial charge >= 0.3 is 0 Å². The molecule has 3 atom stereocenters. The molecular formula is C8H17NO3S. The smallest absolute Gasteiger partial charge is 0.154 e. The Kier molecular flexibility index (Phi) is 3.32. The molecule has 0 aromatic carbocycles. The van der Waals surface area contributed by atoms with Crippen molar-refractivity contribution < 1.29 is 13.5 Å². The van der Waals surface area contributed by atoms with Crippen molar-refractivity contribution in [3.63, 3.8) is 0 Å². The molecule has 1 heterocycles. The van der Waals surface area contributed by atoms with Gasteiger partial charge in [-0.1, -0.05) is 0 Å². The Labute approximate surface area is 79.3 Å². The number of hydrogen-bond acceptors (Lipinski definition) is 4. The van der Waals surface area contributed by atoms with Gasteiger partial charge in [-0.15, -0.1) is 0 Å². The van der Waals surface area contributed by atoms with E-state index in [0.29, 0.717) is 6.42 Å². The zero-order valence-electron chi connectivity index (χ0n) is 8.03. The molecule has 0 saturated carbocycles. The summed E-state index contributed by atoms with van der Waals surface area (Å²) in [6.45, 7) is 3.62. The summed E-state index contributed by atoms with van der Waals surface area (Å²) >= 11 is 0. The zero-order chi connectivity index (χ0) is 10.1. The van der Waals surface area contributed by atoms with E-state index in [0.717, 1.165) is 0 Å². The van der Waals surface area contributed by atoms with Crippen molar-refractivity contribution in [1.29, 1.82) is 0 Å². The van der Waals surface area contributed by atoms with Crippen LogP contribution in [0.2, 0.25) is 0 Å². The van der Waals surface area contributed by atoms with Crippen molar-refractivity contribution in [2.45, 2.75) is 37.6 Å². The van der Waals surface area contributed by atoms with Crippen molar-refractivity contribution in [2.24, 2.45) is 0 Å². The van der Waals surface area contributed by atoms with Gasteiger partial charge < -0.3 is 10.4 Å². The summed E-state index contributed by atoms with van der Waals surface area (Å²) in [4.78, 5) is 0. The molecule has 2 N–H and O–H groups in total. The summed E-state index contributed by atoms with van der Waals surface area (Å²) in [6.07, 6.45) is 0.661. The second-order valence-electron chi connectivity index (χ2n) is 3.72. The molecule has 3 unspecified atom stereocenters. The lowest BCUT2D eigenvalue weighted by atomic mass is 10.1. The quantitative estimate of drug-likeness (QED) is 0.657. The molecule has 78 valence electrons. The Morgan fingerprint density at radius 1 is 1.62 bits per heavy atom. The van der Waals surface area contributed by atoms with Gasteiger partial charge in [0.2, 0.25) is 0 Å². The Morgan fingerprint density at radius 2 is 2.23 bits per heavy atom. The van der Waals surface area contributed by atoms with E-state index in [9.17, 15) is 8.42 Å². The lowest BCUT2D eigenvalue weighted by molar-refractivity contribution is 0.240. The number of rotatable bonds is 3. The fraction of sp³-hybridized carbons (Fsp3) is 1.00. The molecular weight excluding hydrogens is 190 g/mol. The molecule has 0 aromatic rings. The van der Waals surface area contributed by atoms with Gasteiger partial charge in [0.05, 0.1) is 17.6 Å². The molecule has 1 fully saturated rings. The van der Waals surface area contributed by atoms with Crippen LogP contribution in [-0.2, 0) is 9.84 Å². The molecule has 1 aliphatic heterocycles. The topological polar surface area (TPSA) is 66.4 Å². The predicted molar refractivity (Wildman–Crippen MR) is 51.3 cm³/mol. The normalized spacial score (nSPS) is 34.7. The predicted octanol–water partition coefficient (Wildman–Crippen LogP) is -0.468. The molecule has 5 heteroatoms. The summed E-state index contributed by atoms with van der Waals surface area (Å²) in [6, 6.07) is -0.0205. The molecule has 4 nitrogen and oxygen atoms in total. The Hall–Kier alpha value is -0.130. The number of aliphatic hydroxyl groups excluding tert-OH is 1. The Bertz CT molecular complexity index is 263. The van der Waals surface area contributed by atoms with Crippen LogP contribution in [0, 0.1) is 0 Å². The first-order chi connectivity index (χ1) is 5.97. The number of hydrogen-bond donors (Lipinski definition) is 2. The van der Waals surface area contributed by atoms with Gasteiger partial charge in [-0.25, -0.2) is 8.42 Å². The molecule has 0 aliphatic carbocycles. The summed E-state index contributed by atoms with van der Waals surface area (Å²) in [5.41, 5.74) is 0. The first-order valence-corrected chi connectivity index (χ1v) is 6.27. The van der Waals surface area contributed by atoms with Crippen LogP contribution in [0.1, 0.15) is 20.3 Å². The highest BCUT2D eigenvalue weighted by Crippen LogP contribution is 2.20. The highest BCUT2D eigenvalue weighted by Gasteiger charge is 2.36. The highest BCUT2D eigenvalue weighted by atomic mass is 32.2. The van der Waals surface area contributed by atoms with Crippen LogP contribution in [-0.4, -0.2) is 43.2 Å². The van der Waals surface area contributed by atoms with E-state index < -0.39 is 9.84 Å². The number of sulfone groups is 1. The van der Waals surface area contributed by atoms with Crippen LogP contribution in [0.15, 0.2) is 0 Å². The molecule has 0 spiro atoms. The average molecular weight is 207 g/mol. The van der Waals surface area contributed by atoms with Crippen LogP contribution in [0.3, 0.4) is 0 Å². The van der Waals surface area contributed by atoms with Crippen LogP contribution >= 0.6 is 0 Å². The standard InChI is InChI=1S/C8H17NO3S/c1-6(5-10)9-8-3-4-13(11,12)7(8)2/h6-10H,3-5H2,1-2H3. The van der Waals surface area contributed by atoms with Crippen molar-refractivity contribution in [3.8, 4) is 0 Å². The van der Waals surface area contributed by atoms with E-state index in [4.69, 9.17) is 5.11 Å².